The summed E-state index contributed by atoms with van der Waals surface area (Å²) in [6.07, 6.45) is 0.434. The number of hydrogen-bond donors (Lipinski definition) is 5. The molecule has 0 saturated carbocycles. The maximum Gasteiger partial charge on any atom is 0.217 e. The molecule has 8 heteroatoms. The monoisotopic (exact) mass is 461 g/mol. The summed E-state index contributed by atoms with van der Waals surface area (Å²) >= 11 is 0. The zero-order valence-electron chi connectivity index (χ0n) is 19.3. The van der Waals surface area contributed by atoms with Crippen LogP contribution >= 0.6 is 0 Å². The highest BCUT2D eigenvalue weighted by Gasteiger charge is 2.25. The molecule has 5 N–H and O–H groups in total. The van der Waals surface area contributed by atoms with E-state index < -0.39 is 29.4 Å². The maximum absolute atomic E-state index is 13.6. The number of rotatable bonds is 9. The molecule has 0 bridgehead atoms. The van der Waals surface area contributed by atoms with Gasteiger partial charge in [0.1, 0.15) is 11.6 Å². The Morgan fingerprint density at radius 3 is 2.52 bits per heavy atom. The van der Waals surface area contributed by atoms with Crippen molar-refractivity contribution in [2.45, 2.75) is 63.8 Å². The van der Waals surface area contributed by atoms with Crippen molar-refractivity contribution in [3.63, 3.8) is 0 Å². The molecule has 0 aromatic heterocycles. The molecular weight excluding hydrogens is 428 g/mol. The summed E-state index contributed by atoms with van der Waals surface area (Å²) in [5, 5.41) is 30.4. The number of benzene rings is 2. The van der Waals surface area contributed by atoms with E-state index in [0.717, 1.165) is 35.8 Å². The van der Waals surface area contributed by atoms with Gasteiger partial charge in [-0.15, -0.1) is 0 Å². The van der Waals surface area contributed by atoms with E-state index in [9.17, 15) is 23.8 Å². The van der Waals surface area contributed by atoms with Crippen LogP contribution in [0.3, 0.4) is 0 Å². The lowest BCUT2D eigenvalue weighted by atomic mass is 9.91. The lowest BCUT2D eigenvalue weighted by Gasteiger charge is -2.31. The second-order valence-corrected chi connectivity index (χ2v) is 9.44. The van der Waals surface area contributed by atoms with Crippen LogP contribution in [0.5, 0.6) is 0 Å². The maximum atomic E-state index is 13.6. The van der Waals surface area contributed by atoms with E-state index in [2.05, 4.69) is 22.0 Å². The molecule has 1 aliphatic rings. The van der Waals surface area contributed by atoms with Gasteiger partial charge < -0.3 is 26.2 Å². The van der Waals surface area contributed by atoms with Crippen LogP contribution in [0.25, 0.3) is 0 Å². The minimum Gasteiger partial charge on any atom is -0.390 e. The van der Waals surface area contributed by atoms with Crippen LogP contribution in [-0.2, 0) is 17.6 Å². The van der Waals surface area contributed by atoms with Crippen LogP contribution in [0.2, 0.25) is 0 Å². The molecule has 1 amide bonds. The van der Waals surface area contributed by atoms with E-state index >= 15 is 0 Å². The molecule has 3 rings (SSSR count). The third kappa shape index (κ3) is 7.48. The molecule has 0 saturated heterocycles. The van der Waals surface area contributed by atoms with Crippen molar-refractivity contribution in [2.75, 3.05) is 18.4 Å². The van der Waals surface area contributed by atoms with Gasteiger partial charge in [0.2, 0.25) is 5.91 Å². The first-order valence-corrected chi connectivity index (χ1v) is 11.2. The quantitative estimate of drug-likeness (QED) is 0.396. The molecule has 3 atom stereocenters. The van der Waals surface area contributed by atoms with Crippen molar-refractivity contribution >= 4 is 11.6 Å². The molecule has 0 aliphatic carbocycles. The molecule has 180 valence electrons. The topological polar surface area (TPSA) is 93.6 Å². The number of hydrogen-bond acceptors (Lipinski definition) is 5. The number of aliphatic hydroxyl groups excluding tert-OH is 1. The third-order valence-corrected chi connectivity index (χ3v) is 5.68. The Bertz CT molecular complexity index is 958. The second kappa shape index (κ2) is 10.6. The molecule has 1 heterocycles. The van der Waals surface area contributed by atoms with E-state index in [0.29, 0.717) is 12.0 Å². The molecule has 1 aliphatic heterocycles. The highest BCUT2D eigenvalue weighted by atomic mass is 19.1. The predicted octanol–water partition coefficient (Wildman–Crippen LogP) is 2.83. The molecule has 1 unspecified atom stereocenters. The van der Waals surface area contributed by atoms with Crippen molar-refractivity contribution in [2.24, 2.45) is 0 Å². The lowest BCUT2D eigenvalue weighted by Crippen LogP contribution is -2.48. The number of aliphatic hydroxyl groups is 2. The Balaban J connectivity index is 1.70. The number of carbonyl (C=O) groups is 1. The van der Waals surface area contributed by atoms with Crippen LogP contribution in [0.1, 0.15) is 49.9 Å². The Morgan fingerprint density at radius 2 is 1.88 bits per heavy atom. The third-order valence-electron chi connectivity index (χ3n) is 5.68. The fourth-order valence-corrected chi connectivity index (χ4v) is 4.32. The van der Waals surface area contributed by atoms with Crippen molar-refractivity contribution in [3.05, 3.63) is 64.7 Å². The SMILES string of the molecule is CC(=O)N[C@@H](Cc1cc(F)cc(F)c1)[C@@H](O)CNC1CCNc2ccc(CC(C)(C)O)cc21. The molecule has 2 aromatic rings. The fraction of sp³-hybridized carbons (Fsp3) is 0.480. The Morgan fingerprint density at radius 1 is 1.18 bits per heavy atom. The van der Waals surface area contributed by atoms with Crippen LogP contribution in [0, 0.1) is 11.6 Å². The van der Waals surface area contributed by atoms with Gasteiger partial charge in [0, 0.05) is 44.2 Å². The Labute approximate surface area is 193 Å². The van der Waals surface area contributed by atoms with Gasteiger partial charge in [0.15, 0.2) is 0 Å². The number of anilines is 1. The Kier molecular flexibility index (Phi) is 8.05. The number of carbonyl (C=O) groups excluding carboxylic acids is 1. The zero-order valence-corrected chi connectivity index (χ0v) is 19.3. The predicted molar refractivity (Wildman–Crippen MR) is 124 cm³/mol. The molecule has 0 fully saturated rings. The molecule has 6 nitrogen and oxygen atoms in total. The summed E-state index contributed by atoms with van der Waals surface area (Å²) in [5.74, 6) is -1.74. The smallest absolute Gasteiger partial charge is 0.217 e. The summed E-state index contributed by atoms with van der Waals surface area (Å²) in [4.78, 5) is 11.7. The molecule has 33 heavy (non-hydrogen) atoms. The van der Waals surface area contributed by atoms with Crippen LogP contribution in [0.4, 0.5) is 14.5 Å². The average molecular weight is 462 g/mol. The first-order valence-electron chi connectivity index (χ1n) is 11.2. The van der Waals surface area contributed by atoms with Gasteiger partial charge in [-0.05, 0) is 61.6 Å². The first-order chi connectivity index (χ1) is 15.5. The lowest BCUT2D eigenvalue weighted by molar-refractivity contribution is -0.120. The average Bonchev–Trinajstić information content (AvgIpc) is 2.69. The summed E-state index contributed by atoms with van der Waals surface area (Å²) in [5.41, 5.74) is 2.60. The second-order valence-electron chi connectivity index (χ2n) is 9.44. The van der Waals surface area contributed by atoms with Crippen LogP contribution < -0.4 is 16.0 Å². The zero-order chi connectivity index (χ0) is 24.2. The fourth-order valence-electron chi connectivity index (χ4n) is 4.32. The highest BCUT2D eigenvalue weighted by molar-refractivity contribution is 5.73. The highest BCUT2D eigenvalue weighted by Crippen LogP contribution is 2.31. The van der Waals surface area contributed by atoms with Gasteiger partial charge in [0.05, 0.1) is 17.7 Å². The molecule has 2 aromatic carbocycles. The van der Waals surface area contributed by atoms with Gasteiger partial charge in [-0.25, -0.2) is 8.78 Å². The summed E-state index contributed by atoms with van der Waals surface area (Å²) < 4.78 is 27.2. The normalized spacial score (nSPS) is 17.6. The number of halogens is 2. The molecular formula is C25H33F2N3O3. The van der Waals surface area contributed by atoms with Gasteiger partial charge >= 0.3 is 0 Å². The van der Waals surface area contributed by atoms with E-state index in [-0.39, 0.29) is 24.9 Å². The number of amides is 1. The minimum atomic E-state index is -0.974. The molecule has 0 spiro atoms. The van der Waals surface area contributed by atoms with E-state index in [1.165, 1.54) is 19.1 Å². The van der Waals surface area contributed by atoms with E-state index in [1.807, 2.05) is 12.1 Å². The number of nitrogens with one attached hydrogen (secondary N) is 3. The van der Waals surface area contributed by atoms with Crippen molar-refractivity contribution in [3.8, 4) is 0 Å². The van der Waals surface area contributed by atoms with Gasteiger partial charge in [-0.3, -0.25) is 4.79 Å². The number of fused-ring (bicyclic) bond motifs is 1. The van der Waals surface area contributed by atoms with E-state index in [4.69, 9.17) is 0 Å². The van der Waals surface area contributed by atoms with Gasteiger partial charge in [-0.2, -0.15) is 0 Å². The van der Waals surface area contributed by atoms with Crippen molar-refractivity contribution in [1.29, 1.82) is 0 Å². The molecule has 0 radical (unpaired) electrons. The summed E-state index contributed by atoms with van der Waals surface area (Å²) in [7, 11) is 0. The van der Waals surface area contributed by atoms with Gasteiger partial charge in [0.25, 0.3) is 0 Å². The Hall–Kier alpha value is -2.55. The minimum absolute atomic E-state index is 0.0257. The largest absolute Gasteiger partial charge is 0.390 e. The van der Waals surface area contributed by atoms with E-state index in [1.54, 1.807) is 13.8 Å². The van der Waals surface area contributed by atoms with Crippen LogP contribution in [0.15, 0.2) is 36.4 Å². The van der Waals surface area contributed by atoms with Crippen LogP contribution in [-0.4, -0.2) is 47.0 Å². The first kappa shape index (κ1) is 25.1. The van der Waals surface area contributed by atoms with Crippen molar-refractivity contribution in [1.82, 2.24) is 10.6 Å². The summed E-state index contributed by atoms with van der Waals surface area (Å²) in [6.45, 7) is 5.82. The van der Waals surface area contributed by atoms with Crippen molar-refractivity contribution < 1.29 is 23.8 Å². The standard InChI is InChI=1S/C25H33F2N3O3/c1-15(31)30-23(11-17-8-18(26)12-19(27)9-17)24(32)14-29-22-6-7-28-21-5-4-16(10-20(21)22)13-25(2,3)33/h4-5,8-10,12,22-24,28-29,32-33H,6-7,11,13-14H2,1-3H3,(H,30,31)/t22?,23-,24-/m0/s1. The summed E-state index contributed by atoms with van der Waals surface area (Å²) in [6, 6.07) is 8.50. The van der Waals surface area contributed by atoms with Gasteiger partial charge in [-0.1, -0.05) is 12.1 Å².